The van der Waals surface area contributed by atoms with Crippen molar-refractivity contribution in [3.8, 4) is 0 Å². The number of nitrogens with zero attached hydrogens (tertiary/aromatic N) is 1. The second kappa shape index (κ2) is 10.5. The Labute approximate surface area is 184 Å². The van der Waals surface area contributed by atoms with Crippen molar-refractivity contribution in [2.45, 2.75) is 31.7 Å². The van der Waals surface area contributed by atoms with Crippen molar-refractivity contribution in [2.24, 2.45) is 0 Å². The van der Waals surface area contributed by atoms with Gasteiger partial charge in [-0.2, -0.15) is 0 Å². The van der Waals surface area contributed by atoms with E-state index >= 15 is 0 Å². The van der Waals surface area contributed by atoms with E-state index in [9.17, 15) is 4.79 Å². The quantitative estimate of drug-likeness (QED) is 0.574. The van der Waals surface area contributed by atoms with Gasteiger partial charge in [-0.1, -0.05) is 60.7 Å². The minimum Gasteiger partial charge on any atom is -0.465 e. The van der Waals surface area contributed by atoms with Crippen LogP contribution in [0.3, 0.4) is 0 Å². The van der Waals surface area contributed by atoms with Gasteiger partial charge >= 0.3 is 0 Å². The van der Waals surface area contributed by atoms with Gasteiger partial charge in [0, 0.05) is 6.54 Å². The van der Waals surface area contributed by atoms with Crippen LogP contribution in [0, 0.1) is 6.92 Å². The van der Waals surface area contributed by atoms with Crippen molar-refractivity contribution in [3.63, 3.8) is 0 Å². The number of halogens is 1. The number of carbonyl (C=O) groups excluding carboxylic acids is 1. The highest BCUT2D eigenvalue weighted by molar-refractivity contribution is 5.87. The first-order chi connectivity index (χ1) is 14.2. The predicted molar refractivity (Wildman–Crippen MR) is 122 cm³/mol. The molecular formula is C25H29ClN2O2. The van der Waals surface area contributed by atoms with Crippen LogP contribution in [-0.4, -0.2) is 30.4 Å². The Morgan fingerprint density at radius 1 is 0.933 bits per heavy atom. The van der Waals surface area contributed by atoms with Gasteiger partial charge < -0.3 is 9.73 Å². The van der Waals surface area contributed by atoms with Crippen LogP contribution in [0.2, 0.25) is 0 Å². The van der Waals surface area contributed by atoms with Crippen molar-refractivity contribution in [1.82, 2.24) is 10.2 Å². The van der Waals surface area contributed by atoms with Gasteiger partial charge in [-0.25, -0.2) is 0 Å². The monoisotopic (exact) mass is 424 g/mol. The molecular weight excluding hydrogens is 396 g/mol. The second-order valence-electron chi connectivity index (χ2n) is 7.71. The third-order valence-electron chi connectivity index (χ3n) is 5.67. The number of rotatable bonds is 7. The zero-order chi connectivity index (χ0) is 20.1. The number of benzene rings is 2. The van der Waals surface area contributed by atoms with Gasteiger partial charge in [0.2, 0.25) is 5.91 Å². The molecule has 1 amide bonds. The van der Waals surface area contributed by atoms with E-state index in [1.807, 2.05) is 79.7 Å². The van der Waals surface area contributed by atoms with Gasteiger partial charge in [0.15, 0.2) is 0 Å². The Kier molecular flexibility index (Phi) is 7.72. The molecule has 1 fully saturated rings. The second-order valence-corrected chi connectivity index (χ2v) is 7.71. The summed E-state index contributed by atoms with van der Waals surface area (Å²) in [6, 6.07) is 24.1. The van der Waals surface area contributed by atoms with E-state index in [0.717, 1.165) is 35.7 Å². The Hall–Kier alpha value is -2.56. The normalized spacial score (nSPS) is 15.0. The van der Waals surface area contributed by atoms with Crippen molar-refractivity contribution < 1.29 is 9.21 Å². The summed E-state index contributed by atoms with van der Waals surface area (Å²) in [7, 11) is 0. The van der Waals surface area contributed by atoms with Gasteiger partial charge in [0.25, 0.3) is 0 Å². The van der Waals surface area contributed by atoms with Crippen molar-refractivity contribution >= 4 is 18.3 Å². The van der Waals surface area contributed by atoms with Crippen LogP contribution in [0.15, 0.2) is 77.2 Å². The van der Waals surface area contributed by atoms with Gasteiger partial charge in [0.05, 0.1) is 12.0 Å². The topological polar surface area (TPSA) is 45.5 Å². The van der Waals surface area contributed by atoms with Crippen LogP contribution in [-0.2, 0) is 4.79 Å². The third kappa shape index (κ3) is 5.13. The summed E-state index contributed by atoms with van der Waals surface area (Å²) in [5.74, 6) is 1.53. The fourth-order valence-electron chi connectivity index (χ4n) is 4.18. The first-order valence-electron chi connectivity index (χ1n) is 10.4. The lowest BCUT2D eigenvalue weighted by molar-refractivity contribution is -0.122. The molecule has 0 saturated carbocycles. The van der Waals surface area contributed by atoms with E-state index in [4.69, 9.17) is 4.42 Å². The molecule has 1 atom stereocenters. The van der Waals surface area contributed by atoms with E-state index in [-0.39, 0.29) is 30.3 Å². The summed E-state index contributed by atoms with van der Waals surface area (Å²) in [5.41, 5.74) is 2.01. The molecule has 0 bridgehead atoms. The lowest BCUT2D eigenvalue weighted by Gasteiger charge is -2.27. The van der Waals surface area contributed by atoms with Gasteiger partial charge in [-0.15, -0.1) is 12.4 Å². The highest BCUT2D eigenvalue weighted by Crippen LogP contribution is 2.28. The predicted octanol–water partition coefficient (Wildman–Crippen LogP) is 5.10. The summed E-state index contributed by atoms with van der Waals surface area (Å²) in [6.45, 7) is 4.59. The molecule has 4 nitrogen and oxygen atoms in total. The fraction of sp³-hybridized carbons (Fsp3) is 0.320. The standard InChI is InChI=1S/C25H28N2O2.ClH/c1-19-14-15-23(29-19)22(27-16-8-9-17-27)18-26-25(28)24(20-10-4-2-5-11-20)21-12-6-3-7-13-21;/h2-7,10-15,22,24H,8-9,16-18H2,1H3,(H,26,28);1H. The van der Waals surface area contributed by atoms with Crippen LogP contribution in [0.5, 0.6) is 0 Å². The van der Waals surface area contributed by atoms with Crippen LogP contribution in [0.25, 0.3) is 0 Å². The fourth-order valence-corrected chi connectivity index (χ4v) is 4.18. The minimum absolute atomic E-state index is 0. The number of likely N-dealkylation sites (tertiary alicyclic amines) is 1. The maximum absolute atomic E-state index is 13.3. The number of nitrogens with one attached hydrogen (secondary N) is 1. The molecule has 1 aliphatic heterocycles. The lowest BCUT2D eigenvalue weighted by atomic mass is 9.90. The number of furan rings is 1. The molecule has 0 radical (unpaired) electrons. The maximum atomic E-state index is 13.3. The van der Waals surface area contributed by atoms with E-state index in [1.165, 1.54) is 12.8 Å². The average molecular weight is 425 g/mol. The smallest absolute Gasteiger partial charge is 0.232 e. The van der Waals surface area contributed by atoms with Crippen LogP contribution >= 0.6 is 12.4 Å². The van der Waals surface area contributed by atoms with Crippen LogP contribution in [0.4, 0.5) is 0 Å². The number of carbonyl (C=O) groups is 1. The van der Waals surface area contributed by atoms with Crippen molar-refractivity contribution in [2.75, 3.05) is 19.6 Å². The SMILES string of the molecule is Cc1ccc(C(CNC(=O)C(c2ccccc2)c2ccccc2)N2CCCC2)o1.Cl. The molecule has 1 saturated heterocycles. The molecule has 1 N–H and O–H groups in total. The van der Waals surface area contributed by atoms with Gasteiger partial charge in [-0.05, 0) is 56.1 Å². The summed E-state index contributed by atoms with van der Waals surface area (Å²) < 4.78 is 5.93. The Morgan fingerprint density at radius 2 is 1.50 bits per heavy atom. The minimum atomic E-state index is -0.324. The summed E-state index contributed by atoms with van der Waals surface area (Å²) in [6.07, 6.45) is 2.39. The summed E-state index contributed by atoms with van der Waals surface area (Å²) in [5, 5.41) is 3.22. The van der Waals surface area contributed by atoms with E-state index in [1.54, 1.807) is 0 Å². The number of hydrogen-bond acceptors (Lipinski definition) is 3. The summed E-state index contributed by atoms with van der Waals surface area (Å²) >= 11 is 0. The van der Waals surface area contributed by atoms with E-state index in [0.29, 0.717) is 6.54 Å². The first-order valence-corrected chi connectivity index (χ1v) is 10.4. The van der Waals surface area contributed by atoms with Crippen LogP contribution < -0.4 is 5.32 Å². The largest absolute Gasteiger partial charge is 0.465 e. The number of aryl methyl sites for hydroxylation is 1. The zero-order valence-corrected chi connectivity index (χ0v) is 18.1. The molecule has 158 valence electrons. The molecule has 4 rings (SSSR count). The first kappa shape index (κ1) is 22.1. The molecule has 1 aromatic heterocycles. The molecule has 30 heavy (non-hydrogen) atoms. The molecule has 1 aliphatic rings. The highest BCUT2D eigenvalue weighted by Gasteiger charge is 2.28. The number of amides is 1. The summed E-state index contributed by atoms with van der Waals surface area (Å²) in [4.78, 5) is 15.8. The molecule has 2 heterocycles. The zero-order valence-electron chi connectivity index (χ0n) is 17.3. The Bertz CT molecular complexity index is 881. The molecule has 2 aromatic carbocycles. The van der Waals surface area contributed by atoms with E-state index in [2.05, 4.69) is 10.2 Å². The molecule has 3 aromatic rings. The van der Waals surface area contributed by atoms with Gasteiger partial charge in [-0.3, -0.25) is 9.69 Å². The van der Waals surface area contributed by atoms with Crippen LogP contribution in [0.1, 0.15) is 47.4 Å². The highest BCUT2D eigenvalue weighted by atomic mass is 35.5. The lowest BCUT2D eigenvalue weighted by Crippen LogP contribution is -2.38. The van der Waals surface area contributed by atoms with E-state index < -0.39 is 0 Å². The molecule has 0 spiro atoms. The molecule has 0 aliphatic carbocycles. The Balaban J connectivity index is 0.00000256. The van der Waals surface area contributed by atoms with Crippen molar-refractivity contribution in [3.05, 3.63) is 95.4 Å². The van der Waals surface area contributed by atoms with Gasteiger partial charge in [0.1, 0.15) is 11.5 Å². The number of hydrogen-bond donors (Lipinski definition) is 1. The third-order valence-corrected chi connectivity index (χ3v) is 5.67. The maximum Gasteiger partial charge on any atom is 0.232 e. The van der Waals surface area contributed by atoms with Crippen molar-refractivity contribution in [1.29, 1.82) is 0 Å². The average Bonchev–Trinajstić information content (AvgIpc) is 3.43. The molecule has 5 heteroatoms. The Morgan fingerprint density at radius 3 is 2.00 bits per heavy atom. The molecule has 1 unspecified atom stereocenters.